The summed E-state index contributed by atoms with van der Waals surface area (Å²) in [6.45, 7) is 5.97. The number of amides is 1. The molecule has 4 aromatic rings. The predicted molar refractivity (Wildman–Crippen MR) is 124 cm³/mol. The van der Waals surface area contributed by atoms with Crippen molar-refractivity contribution < 1.29 is 9.53 Å². The quantitative estimate of drug-likeness (QED) is 0.392. The Labute approximate surface area is 195 Å². The van der Waals surface area contributed by atoms with Crippen LogP contribution in [0.5, 0.6) is 11.6 Å². The van der Waals surface area contributed by atoms with E-state index in [0.717, 1.165) is 17.0 Å². The maximum absolute atomic E-state index is 12.4. The van der Waals surface area contributed by atoms with E-state index >= 15 is 0 Å². The lowest BCUT2D eigenvalue weighted by atomic mass is 10.2. The van der Waals surface area contributed by atoms with Gasteiger partial charge >= 0.3 is 0 Å². The van der Waals surface area contributed by atoms with Crippen molar-refractivity contribution in [3.63, 3.8) is 0 Å². The van der Waals surface area contributed by atoms with Crippen molar-refractivity contribution in [2.45, 2.75) is 20.8 Å². The Balaban J connectivity index is 1.42. The molecule has 2 aromatic carbocycles. The van der Waals surface area contributed by atoms with Crippen LogP contribution in [0.15, 0.2) is 54.6 Å². The fraction of sp³-hybridized carbons (Fsp3) is 0.130. The zero-order valence-electron chi connectivity index (χ0n) is 17.6. The summed E-state index contributed by atoms with van der Waals surface area (Å²) in [6.07, 6.45) is 0. The number of carbonyl (C=O) groups is 1. The summed E-state index contributed by atoms with van der Waals surface area (Å²) in [7, 11) is 0. The number of hydrogen-bond acceptors (Lipinski definition) is 5. The number of benzene rings is 2. The summed E-state index contributed by atoms with van der Waals surface area (Å²) < 4.78 is 7.51. The molecule has 0 aliphatic heterocycles. The fourth-order valence-electron chi connectivity index (χ4n) is 3.02. The average Bonchev–Trinajstić information content (AvgIpc) is 3.03. The molecule has 2 heterocycles. The zero-order chi connectivity index (χ0) is 22.8. The van der Waals surface area contributed by atoms with Gasteiger partial charge in [0.25, 0.3) is 5.91 Å². The highest BCUT2D eigenvalue weighted by Gasteiger charge is 2.12. The molecule has 7 nitrogen and oxygen atoms in total. The molecule has 162 valence electrons. The third-order valence-electron chi connectivity index (χ3n) is 5.01. The number of carbonyl (C=O) groups excluding carboxylic acids is 1. The minimum Gasteiger partial charge on any atom is -0.438 e. The molecule has 0 spiro atoms. The average molecular weight is 468 g/mol. The first-order valence-corrected chi connectivity index (χ1v) is 10.5. The van der Waals surface area contributed by atoms with E-state index in [4.69, 9.17) is 27.9 Å². The number of nitrogens with one attached hydrogen (secondary N) is 1. The molecule has 1 amide bonds. The molecule has 0 aliphatic rings. The summed E-state index contributed by atoms with van der Waals surface area (Å²) in [5.41, 5.74) is 4.02. The van der Waals surface area contributed by atoms with Gasteiger partial charge in [-0.3, -0.25) is 4.79 Å². The molecular formula is C23H19Cl2N5O2. The van der Waals surface area contributed by atoms with Crippen LogP contribution in [0.4, 0.5) is 5.69 Å². The van der Waals surface area contributed by atoms with Gasteiger partial charge in [-0.05, 0) is 74.9 Å². The summed E-state index contributed by atoms with van der Waals surface area (Å²) in [5.74, 6) is 1.18. The molecule has 0 unspecified atom stereocenters. The molecule has 9 heteroatoms. The van der Waals surface area contributed by atoms with E-state index in [1.807, 2.05) is 20.8 Å². The van der Waals surface area contributed by atoms with E-state index in [2.05, 4.69) is 20.6 Å². The summed E-state index contributed by atoms with van der Waals surface area (Å²) >= 11 is 12.0. The summed E-state index contributed by atoms with van der Waals surface area (Å²) in [5, 5.41) is 16.4. The Morgan fingerprint density at radius 3 is 2.31 bits per heavy atom. The lowest BCUT2D eigenvalue weighted by Crippen LogP contribution is -2.12. The van der Waals surface area contributed by atoms with Gasteiger partial charge in [0.1, 0.15) is 5.75 Å². The van der Waals surface area contributed by atoms with Crippen LogP contribution in [-0.4, -0.2) is 25.9 Å². The molecule has 0 saturated heterocycles. The molecule has 2 aromatic heterocycles. The van der Waals surface area contributed by atoms with Gasteiger partial charge in [0.05, 0.1) is 16.3 Å². The van der Waals surface area contributed by atoms with E-state index in [-0.39, 0.29) is 10.9 Å². The molecule has 0 fully saturated rings. The second kappa shape index (κ2) is 8.98. The number of anilines is 1. The minimum absolute atomic E-state index is 0.285. The van der Waals surface area contributed by atoms with Crippen molar-refractivity contribution in [3.8, 4) is 17.4 Å². The van der Waals surface area contributed by atoms with Crippen LogP contribution < -0.4 is 10.1 Å². The molecule has 0 bridgehead atoms. The Morgan fingerprint density at radius 1 is 0.969 bits per heavy atom. The standard InChI is InChI=1S/C23H19Cl2N5O2/c1-13-14(2)29-30(15(13)3)21-10-11-22(28-27-21)32-18-7-5-17(6-8-18)26-23(31)19-9-4-16(24)12-20(19)25/h4-12H,1-3H3,(H,26,31). The van der Waals surface area contributed by atoms with Crippen LogP contribution in [0.1, 0.15) is 27.3 Å². The number of halogens is 2. The van der Waals surface area contributed by atoms with Crippen LogP contribution in [0.3, 0.4) is 0 Å². The van der Waals surface area contributed by atoms with Crippen molar-refractivity contribution in [3.05, 3.63) is 87.2 Å². The number of hydrogen-bond donors (Lipinski definition) is 1. The Kier molecular flexibility index (Phi) is 6.12. The first-order chi connectivity index (χ1) is 15.3. The van der Waals surface area contributed by atoms with E-state index in [1.54, 1.807) is 53.2 Å². The molecule has 0 radical (unpaired) electrons. The molecule has 32 heavy (non-hydrogen) atoms. The highest BCUT2D eigenvalue weighted by molar-refractivity contribution is 6.37. The van der Waals surface area contributed by atoms with Gasteiger partial charge in [-0.1, -0.05) is 23.2 Å². The third-order valence-corrected chi connectivity index (χ3v) is 5.55. The maximum atomic E-state index is 12.4. The van der Waals surface area contributed by atoms with Crippen LogP contribution in [0, 0.1) is 20.8 Å². The molecule has 1 N–H and O–H groups in total. The zero-order valence-corrected chi connectivity index (χ0v) is 19.1. The van der Waals surface area contributed by atoms with Crippen molar-refractivity contribution in [2.75, 3.05) is 5.32 Å². The largest absolute Gasteiger partial charge is 0.438 e. The van der Waals surface area contributed by atoms with Crippen LogP contribution in [-0.2, 0) is 0 Å². The molecule has 4 rings (SSSR count). The number of aryl methyl sites for hydroxylation is 1. The van der Waals surface area contributed by atoms with Crippen LogP contribution >= 0.6 is 23.2 Å². The van der Waals surface area contributed by atoms with Crippen molar-refractivity contribution in [1.29, 1.82) is 0 Å². The molecule has 0 saturated carbocycles. The SMILES string of the molecule is Cc1nn(-c2ccc(Oc3ccc(NC(=O)c4ccc(Cl)cc4Cl)cc3)nn2)c(C)c1C. The predicted octanol–water partition coefficient (Wildman–Crippen LogP) is 5.94. The third kappa shape index (κ3) is 4.59. The van der Waals surface area contributed by atoms with E-state index in [0.29, 0.717) is 33.7 Å². The normalized spacial score (nSPS) is 10.8. The van der Waals surface area contributed by atoms with E-state index in [1.165, 1.54) is 6.07 Å². The minimum atomic E-state index is -0.332. The van der Waals surface area contributed by atoms with Gasteiger partial charge < -0.3 is 10.1 Å². The van der Waals surface area contributed by atoms with Gasteiger partial charge in [-0.15, -0.1) is 10.2 Å². The van der Waals surface area contributed by atoms with Gasteiger partial charge in [0.15, 0.2) is 5.82 Å². The first kappa shape index (κ1) is 21.8. The smallest absolute Gasteiger partial charge is 0.257 e. The second-order valence-corrected chi connectivity index (χ2v) is 7.99. The Morgan fingerprint density at radius 2 is 1.72 bits per heavy atom. The monoisotopic (exact) mass is 467 g/mol. The van der Waals surface area contributed by atoms with Crippen LogP contribution in [0.2, 0.25) is 10.0 Å². The van der Waals surface area contributed by atoms with Gasteiger partial charge in [-0.25, -0.2) is 4.68 Å². The maximum Gasteiger partial charge on any atom is 0.257 e. The van der Waals surface area contributed by atoms with Crippen LogP contribution in [0.25, 0.3) is 5.82 Å². The molecular weight excluding hydrogens is 449 g/mol. The van der Waals surface area contributed by atoms with Crippen molar-refractivity contribution in [2.24, 2.45) is 0 Å². The summed E-state index contributed by atoms with van der Waals surface area (Å²) in [6, 6.07) is 15.1. The Bertz CT molecular complexity index is 1290. The lowest BCUT2D eigenvalue weighted by Gasteiger charge is -2.09. The van der Waals surface area contributed by atoms with E-state index in [9.17, 15) is 4.79 Å². The Hall–Kier alpha value is -3.42. The molecule has 0 atom stereocenters. The van der Waals surface area contributed by atoms with Crippen molar-refractivity contribution in [1.82, 2.24) is 20.0 Å². The highest BCUT2D eigenvalue weighted by Crippen LogP contribution is 2.24. The highest BCUT2D eigenvalue weighted by atomic mass is 35.5. The second-order valence-electron chi connectivity index (χ2n) is 7.14. The topological polar surface area (TPSA) is 81.9 Å². The number of ether oxygens (including phenoxy) is 1. The number of aromatic nitrogens is 4. The number of nitrogens with zero attached hydrogens (tertiary/aromatic N) is 4. The van der Waals surface area contributed by atoms with Gasteiger partial charge in [0, 0.05) is 22.5 Å². The van der Waals surface area contributed by atoms with Gasteiger partial charge in [0.2, 0.25) is 5.88 Å². The summed E-state index contributed by atoms with van der Waals surface area (Å²) in [4.78, 5) is 12.4. The lowest BCUT2D eigenvalue weighted by molar-refractivity contribution is 0.102. The number of rotatable bonds is 5. The van der Waals surface area contributed by atoms with Crippen molar-refractivity contribution >= 4 is 34.8 Å². The fourth-order valence-corrected chi connectivity index (χ4v) is 3.52. The van der Waals surface area contributed by atoms with E-state index < -0.39 is 0 Å². The first-order valence-electron chi connectivity index (χ1n) is 9.73. The van der Waals surface area contributed by atoms with Gasteiger partial charge in [-0.2, -0.15) is 5.10 Å². The molecule has 0 aliphatic carbocycles.